The maximum atomic E-state index is 11.1. The van der Waals surface area contributed by atoms with Crippen molar-refractivity contribution in [3.8, 4) is 0 Å². The van der Waals surface area contributed by atoms with Crippen LogP contribution in [-0.2, 0) is 11.2 Å². The van der Waals surface area contributed by atoms with Crippen LogP contribution in [0.1, 0.15) is 5.56 Å². The molecule has 2 N–H and O–H groups in total. The van der Waals surface area contributed by atoms with Crippen molar-refractivity contribution in [1.29, 1.82) is 0 Å². The minimum atomic E-state index is -0.205. The van der Waals surface area contributed by atoms with E-state index in [9.17, 15) is 4.79 Å². The van der Waals surface area contributed by atoms with Gasteiger partial charge in [-0.25, -0.2) is 0 Å². The Morgan fingerprint density at radius 2 is 2.07 bits per heavy atom. The minimum Gasteiger partial charge on any atom is -0.369 e. The fraction of sp³-hybridized carbons (Fsp3) is 0.364. The van der Waals surface area contributed by atoms with Gasteiger partial charge >= 0.3 is 0 Å². The van der Waals surface area contributed by atoms with Gasteiger partial charge in [0.1, 0.15) is 0 Å². The Balaban J connectivity index is 2.60. The fourth-order valence-corrected chi connectivity index (χ4v) is 2.03. The molecule has 76 valence electrons. The summed E-state index contributed by atoms with van der Waals surface area (Å²) in [6.07, 6.45) is 2.73. The molecule has 0 aliphatic rings. The zero-order chi connectivity index (χ0) is 10.4. The molecule has 0 radical (unpaired) electrons. The summed E-state index contributed by atoms with van der Waals surface area (Å²) in [5.41, 5.74) is 6.49. The van der Waals surface area contributed by atoms with E-state index in [-0.39, 0.29) is 11.8 Å². The largest absolute Gasteiger partial charge is 0.369 e. The molecule has 0 aliphatic heterocycles. The third-order valence-corrected chi connectivity index (χ3v) is 2.83. The van der Waals surface area contributed by atoms with Gasteiger partial charge in [-0.2, -0.15) is 11.8 Å². The van der Waals surface area contributed by atoms with Crippen LogP contribution in [0.4, 0.5) is 0 Å². The highest BCUT2D eigenvalue weighted by molar-refractivity contribution is 7.98. The predicted octanol–water partition coefficient (Wildman–Crippen LogP) is 1.69. The minimum absolute atomic E-state index is 0.0487. The Kier molecular flexibility index (Phi) is 4.53. The summed E-state index contributed by atoms with van der Waals surface area (Å²) >= 11 is 1.66. The molecule has 0 spiro atoms. The standard InChI is InChI=1S/C11H15NOS/c1-14-8-10(11(12)13)7-9-5-3-2-4-6-9/h2-6,10H,7-8H2,1H3,(H2,12,13). The number of rotatable bonds is 5. The summed E-state index contributed by atoms with van der Waals surface area (Å²) in [6.45, 7) is 0. The highest BCUT2D eigenvalue weighted by atomic mass is 32.2. The zero-order valence-corrected chi connectivity index (χ0v) is 9.09. The van der Waals surface area contributed by atoms with Crippen LogP contribution in [0.2, 0.25) is 0 Å². The van der Waals surface area contributed by atoms with Crippen LogP contribution in [-0.4, -0.2) is 17.9 Å². The maximum absolute atomic E-state index is 11.1. The van der Waals surface area contributed by atoms with E-state index < -0.39 is 0 Å². The molecule has 0 aromatic heterocycles. The van der Waals surface area contributed by atoms with E-state index in [0.29, 0.717) is 0 Å². The first kappa shape index (κ1) is 11.1. The van der Waals surface area contributed by atoms with Crippen LogP contribution in [0.15, 0.2) is 30.3 Å². The molecule has 1 rings (SSSR count). The Hall–Kier alpha value is -0.960. The van der Waals surface area contributed by atoms with E-state index in [1.807, 2.05) is 36.6 Å². The lowest BCUT2D eigenvalue weighted by Crippen LogP contribution is -2.27. The molecule has 0 saturated carbocycles. The number of hydrogen-bond donors (Lipinski definition) is 1. The molecule has 0 aliphatic carbocycles. The maximum Gasteiger partial charge on any atom is 0.221 e. The van der Waals surface area contributed by atoms with E-state index in [4.69, 9.17) is 5.73 Å². The molecule has 14 heavy (non-hydrogen) atoms. The van der Waals surface area contributed by atoms with Crippen molar-refractivity contribution in [2.75, 3.05) is 12.0 Å². The molecule has 3 heteroatoms. The van der Waals surface area contributed by atoms with Gasteiger partial charge in [-0.15, -0.1) is 0 Å². The highest BCUT2D eigenvalue weighted by Gasteiger charge is 2.14. The van der Waals surface area contributed by atoms with Gasteiger partial charge in [0, 0.05) is 5.75 Å². The van der Waals surface area contributed by atoms with Crippen molar-refractivity contribution in [2.45, 2.75) is 6.42 Å². The Labute approximate surface area is 88.9 Å². The molecule has 0 heterocycles. The highest BCUT2D eigenvalue weighted by Crippen LogP contribution is 2.12. The number of carbonyl (C=O) groups is 1. The molecule has 1 aromatic rings. The van der Waals surface area contributed by atoms with E-state index in [0.717, 1.165) is 12.2 Å². The summed E-state index contributed by atoms with van der Waals surface area (Å²) in [6, 6.07) is 9.98. The van der Waals surface area contributed by atoms with Gasteiger partial charge in [0.2, 0.25) is 5.91 Å². The monoisotopic (exact) mass is 209 g/mol. The summed E-state index contributed by atoms with van der Waals surface area (Å²) < 4.78 is 0. The Morgan fingerprint density at radius 1 is 1.43 bits per heavy atom. The number of nitrogens with two attached hydrogens (primary N) is 1. The van der Waals surface area contributed by atoms with Crippen molar-refractivity contribution in [3.63, 3.8) is 0 Å². The van der Waals surface area contributed by atoms with Gasteiger partial charge in [0.25, 0.3) is 0 Å². The third kappa shape index (κ3) is 3.42. The average Bonchev–Trinajstić information content (AvgIpc) is 2.18. The van der Waals surface area contributed by atoms with Crippen molar-refractivity contribution < 1.29 is 4.79 Å². The number of carbonyl (C=O) groups excluding carboxylic acids is 1. The second kappa shape index (κ2) is 5.70. The van der Waals surface area contributed by atoms with Crippen molar-refractivity contribution >= 4 is 17.7 Å². The van der Waals surface area contributed by atoms with Crippen LogP contribution in [0, 0.1) is 5.92 Å². The van der Waals surface area contributed by atoms with Gasteiger partial charge < -0.3 is 5.73 Å². The molecule has 2 nitrogen and oxygen atoms in total. The van der Waals surface area contributed by atoms with Crippen LogP contribution in [0.3, 0.4) is 0 Å². The van der Waals surface area contributed by atoms with Gasteiger partial charge in [-0.05, 0) is 18.2 Å². The molecule has 1 aromatic carbocycles. The normalized spacial score (nSPS) is 12.4. The molecule has 1 atom stereocenters. The number of amides is 1. The first-order valence-electron chi connectivity index (χ1n) is 4.56. The molecular weight excluding hydrogens is 194 g/mol. The summed E-state index contributed by atoms with van der Waals surface area (Å²) in [5, 5.41) is 0. The van der Waals surface area contributed by atoms with Gasteiger partial charge in [-0.3, -0.25) is 4.79 Å². The smallest absolute Gasteiger partial charge is 0.221 e. The number of thioether (sulfide) groups is 1. The average molecular weight is 209 g/mol. The number of primary amides is 1. The quantitative estimate of drug-likeness (QED) is 0.802. The molecule has 0 bridgehead atoms. The summed E-state index contributed by atoms with van der Waals surface area (Å²) in [4.78, 5) is 11.1. The van der Waals surface area contributed by atoms with E-state index in [1.54, 1.807) is 11.8 Å². The van der Waals surface area contributed by atoms with Gasteiger partial charge in [0.15, 0.2) is 0 Å². The number of benzene rings is 1. The van der Waals surface area contributed by atoms with E-state index in [1.165, 1.54) is 5.56 Å². The van der Waals surface area contributed by atoms with Crippen molar-refractivity contribution in [2.24, 2.45) is 11.7 Å². The molecular formula is C11H15NOS. The SMILES string of the molecule is CSCC(Cc1ccccc1)C(N)=O. The Bertz CT molecular complexity index is 287. The lowest BCUT2D eigenvalue weighted by atomic mass is 10.0. The summed E-state index contributed by atoms with van der Waals surface area (Å²) in [7, 11) is 0. The van der Waals surface area contributed by atoms with E-state index >= 15 is 0 Å². The first-order chi connectivity index (χ1) is 6.74. The van der Waals surface area contributed by atoms with Crippen molar-refractivity contribution in [1.82, 2.24) is 0 Å². The lowest BCUT2D eigenvalue weighted by Gasteiger charge is -2.11. The second-order valence-corrected chi connectivity index (χ2v) is 4.16. The molecule has 0 fully saturated rings. The third-order valence-electron chi connectivity index (χ3n) is 2.10. The number of hydrogen-bond acceptors (Lipinski definition) is 2. The van der Waals surface area contributed by atoms with Crippen molar-refractivity contribution in [3.05, 3.63) is 35.9 Å². The van der Waals surface area contributed by atoms with Crippen LogP contribution < -0.4 is 5.73 Å². The van der Waals surface area contributed by atoms with Gasteiger partial charge in [-0.1, -0.05) is 30.3 Å². The molecule has 0 saturated heterocycles. The molecule has 1 unspecified atom stereocenters. The zero-order valence-electron chi connectivity index (χ0n) is 8.27. The van der Waals surface area contributed by atoms with Crippen LogP contribution in [0.5, 0.6) is 0 Å². The fourth-order valence-electron chi connectivity index (χ4n) is 1.34. The molecule has 1 amide bonds. The lowest BCUT2D eigenvalue weighted by molar-refractivity contribution is -0.121. The first-order valence-corrected chi connectivity index (χ1v) is 5.95. The summed E-state index contributed by atoms with van der Waals surface area (Å²) in [5.74, 6) is 0.542. The Morgan fingerprint density at radius 3 is 2.57 bits per heavy atom. The second-order valence-electron chi connectivity index (χ2n) is 3.24. The predicted molar refractivity (Wildman–Crippen MR) is 61.2 cm³/mol. The topological polar surface area (TPSA) is 43.1 Å². The van der Waals surface area contributed by atoms with Crippen LogP contribution >= 0.6 is 11.8 Å². The van der Waals surface area contributed by atoms with Gasteiger partial charge in [0.05, 0.1) is 5.92 Å². The van der Waals surface area contributed by atoms with E-state index in [2.05, 4.69) is 0 Å². The van der Waals surface area contributed by atoms with Crippen LogP contribution in [0.25, 0.3) is 0 Å².